The van der Waals surface area contributed by atoms with Gasteiger partial charge in [0.05, 0.1) is 5.92 Å². The lowest BCUT2D eigenvalue weighted by molar-refractivity contribution is -0.141. The summed E-state index contributed by atoms with van der Waals surface area (Å²) in [6.07, 6.45) is 0.319. The zero-order chi connectivity index (χ0) is 17.7. The average Bonchev–Trinajstić information content (AvgIpc) is 2.53. The topological polar surface area (TPSA) is 66.4 Å². The normalized spacial score (nSPS) is 11.8. The van der Waals surface area contributed by atoms with Gasteiger partial charge in [0.1, 0.15) is 5.82 Å². The summed E-state index contributed by atoms with van der Waals surface area (Å²) < 4.78 is 13.5. The molecule has 5 heteroatoms. The first kappa shape index (κ1) is 17.7. The third-order valence-electron chi connectivity index (χ3n) is 3.94. The molecule has 0 aliphatic rings. The van der Waals surface area contributed by atoms with Crippen molar-refractivity contribution in [2.24, 2.45) is 5.92 Å². The molecule has 0 heterocycles. The van der Waals surface area contributed by atoms with Gasteiger partial charge in [0.15, 0.2) is 0 Å². The van der Waals surface area contributed by atoms with Crippen LogP contribution in [0.15, 0.2) is 42.5 Å². The molecule has 2 aromatic rings. The first-order valence-corrected chi connectivity index (χ1v) is 7.70. The van der Waals surface area contributed by atoms with Crippen molar-refractivity contribution in [3.63, 3.8) is 0 Å². The van der Waals surface area contributed by atoms with Gasteiger partial charge in [-0.05, 0) is 43.5 Å². The quantitative estimate of drug-likeness (QED) is 0.856. The van der Waals surface area contributed by atoms with Crippen molar-refractivity contribution in [2.45, 2.75) is 20.3 Å². The summed E-state index contributed by atoms with van der Waals surface area (Å²) in [5.74, 6) is -2.66. The van der Waals surface area contributed by atoms with Crippen molar-refractivity contribution in [2.75, 3.05) is 6.54 Å². The molecule has 2 N–H and O–H groups in total. The fourth-order valence-corrected chi connectivity index (χ4v) is 2.54. The van der Waals surface area contributed by atoms with Crippen LogP contribution in [0.25, 0.3) is 0 Å². The minimum absolute atomic E-state index is 0.0158. The Kier molecular flexibility index (Phi) is 5.68. The second-order valence-corrected chi connectivity index (χ2v) is 5.85. The monoisotopic (exact) mass is 329 g/mol. The molecular weight excluding hydrogens is 309 g/mol. The minimum atomic E-state index is -0.979. The molecule has 0 fully saturated rings. The van der Waals surface area contributed by atoms with Crippen LogP contribution >= 0.6 is 0 Å². The number of amides is 1. The Bertz CT molecular complexity index is 758. The predicted molar refractivity (Wildman–Crippen MR) is 89.5 cm³/mol. The van der Waals surface area contributed by atoms with Crippen LogP contribution in [0.2, 0.25) is 0 Å². The highest BCUT2D eigenvalue weighted by molar-refractivity contribution is 5.95. The molecule has 0 saturated heterocycles. The van der Waals surface area contributed by atoms with Crippen molar-refractivity contribution in [3.8, 4) is 0 Å². The highest BCUT2D eigenvalue weighted by atomic mass is 19.1. The molecule has 0 aromatic heterocycles. The zero-order valence-electron chi connectivity index (χ0n) is 13.7. The van der Waals surface area contributed by atoms with Crippen LogP contribution in [-0.4, -0.2) is 23.5 Å². The van der Waals surface area contributed by atoms with E-state index in [0.29, 0.717) is 6.42 Å². The van der Waals surface area contributed by atoms with Gasteiger partial charge in [0.2, 0.25) is 0 Å². The molecule has 0 bridgehead atoms. The maximum atomic E-state index is 13.5. The summed E-state index contributed by atoms with van der Waals surface area (Å²) in [7, 11) is 0. The number of halogens is 1. The number of aryl methyl sites for hydroxylation is 1. The fourth-order valence-electron chi connectivity index (χ4n) is 2.54. The van der Waals surface area contributed by atoms with E-state index in [1.807, 2.05) is 31.2 Å². The van der Waals surface area contributed by atoms with E-state index in [4.69, 9.17) is 0 Å². The first-order chi connectivity index (χ1) is 11.4. The lowest BCUT2D eigenvalue weighted by atomic mass is 9.98. The largest absolute Gasteiger partial charge is 0.481 e. The number of hydrogen-bond donors (Lipinski definition) is 2. The van der Waals surface area contributed by atoms with Crippen LogP contribution in [0.5, 0.6) is 0 Å². The van der Waals surface area contributed by atoms with Gasteiger partial charge in [0.25, 0.3) is 5.91 Å². The van der Waals surface area contributed by atoms with E-state index in [1.165, 1.54) is 25.1 Å². The summed E-state index contributed by atoms with van der Waals surface area (Å²) in [5.41, 5.74) is 2.42. The third kappa shape index (κ3) is 4.41. The van der Waals surface area contributed by atoms with Gasteiger partial charge in [0, 0.05) is 12.1 Å². The highest BCUT2D eigenvalue weighted by Gasteiger charge is 2.20. The smallest absolute Gasteiger partial charge is 0.308 e. The number of rotatable bonds is 6. The Balaban J connectivity index is 2.05. The molecule has 1 amide bonds. The van der Waals surface area contributed by atoms with E-state index in [0.717, 1.165) is 11.1 Å². The number of carboxylic acid groups (broad SMARTS) is 1. The maximum Gasteiger partial charge on any atom is 0.308 e. The summed E-state index contributed by atoms with van der Waals surface area (Å²) >= 11 is 0. The zero-order valence-corrected chi connectivity index (χ0v) is 13.7. The molecule has 4 nitrogen and oxygen atoms in total. The van der Waals surface area contributed by atoms with Gasteiger partial charge < -0.3 is 10.4 Å². The number of carbonyl (C=O) groups is 2. The molecule has 2 rings (SSSR count). The highest BCUT2D eigenvalue weighted by Crippen LogP contribution is 2.14. The molecule has 1 atom stereocenters. The van der Waals surface area contributed by atoms with Crippen LogP contribution in [0.3, 0.4) is 0 Å². The number of hydrogen-bond acceptors (Lipinski definition) is 2. The van der Waals surface area contributed by atoms with E-state index < -0.39 is 23.6 Å². The fraction of sp³-hybridized carbons (Fsp3) is 0.263. The number of nitrogens with one attached hydrogen (secondary N) is 1. The van der Waals surface area contributed by atoms with Crippen molar-refractivity contribution in [1.82, 2.24) is 5.32 Å². The number of carbonyl (C=O) groups excluding carboxylic acids is 1. The SMILES string of the molecule is Cc1cccc(CC(CNC(=O)c2cccc(F)c2C)C(=O)O)c1. The average molecular weight is 329 g/mol. The van der Waals surface area contributed by atoms with E-state index in [9.17, 15) is 19.1 Å². The van der Waals surface area contributed by atoms with Gasteiger partial charge in [-0.15, -0.1) is 0 Å². The molecule has 0 radical (unpaired) electrons. The standard InChI is InChI=1S/C19H20FNO3/c1-12-5-3-6-14(9-12)10-15(19(23)24)11-21-18(22)16-7-4-8-17(20)13(16)2/h3-9,15H,10-11H2,1-2H3,(H,21,22)(H,23,24). The molecule has 0 saturated carbocycles. The Hall–Kier alpha value is -2.69. The minimum Gasteiger partial charge on any atom is -0.481 e. The van der Waals surface area contributed by atoms with E-state index in [1.54, 1.807) is 0 Å². The molecule has 24 heavy (non-hydrogen) atoms. The molecule has 1 unspecified atom stereocenters. The van der Waals surface area contributed by atoms with Crippen LogP contribution in [0.4, 0.5) is 4.39 Å². The molecule has 126 valence electrons. The first-order valence-electron chi connectivity index (χ1n) is 7.70. The van der Waals surface area contributed by atoms with Gasteiger partial charge >= 0.3 is 5.97 Å². The van der Waals surface area contributed by atoms with Crippen molar-refractivity contribution in [1.29, 1.82) is 0 Å². The van der Waals surface area contributed by atoms with Gasteiger partial charge in [-0.1, -0.05) is 35.9 Å². The van der Waals surface area contributed by atoms with Crippen LogP contribution in [-0.2, 0) is 11.2 Å². The maximum absolute atomic E-state index is 13.5. The van der Waals surface area contributed by atoms with Crippen molar-refractivity contribution < 1.29 is 19.1 Å². The Morgan fingerprint density at radius 2 is 1.88 bits per heavy atom. The van der Waals surface area contributed by atoms with Crippen molar-refractivity contribution >= 4 is 11.9 Å². The second kappa shape index (κ2) is 7.73. The molecule has 2 aromatic carbocycles. The summed E-state index contributed by atoms with van der Waals surface area (Å²) in [5, 5.41) is 12.0. The molecule has 0 aliphatic heterocycles. The number of aliphatic carboxylic acids is 1. The van der Waals surface area contributed by atoms with E-state index >= 15 is 0 Å². The molecule has 0 spiro atoms. The van der Waals surface area contributed by atoms with Crippen LogP contribution < -0.4 is 5.32 Å². The number of carboxylic acids is 1. The predicted octanol–water partition coefficient (Wildman–Crippen LogP) is 3.12. The lowest BCUT2D eigenvalue weighted by Gasteiger charge is -2.15. The van der Waals surface area contributed by atoms with Gasteiger partial charge in [-0.2, -0.15) is 0 Å². The third-order valence-corrected chi connectivity index (χ3v) is 3.94. The summed E-state index contributed by atoms with van der Waals surface area (Å²) in [6.45, 7) is 3.44. The molecular formula is C19H20FNO3. The Morgan fingerprint density at radius 3 is 2.54 bits per heavy atom. The van der Waals surface area contributed by atoms with Gasteiger partial charge in [-0.25, -0.2) is 4.39 Å². The second-order valence-electron chi connectivity index (χ2n) is 5.85. The van der Waals surface area contributed by atoms with E-state index in [2.05, 4.69) is 5.32 Å². The Morgan fingerprint density at radius 1 is 1.17 bits per heavy atom. The Labute approximate surface area is 140 Å². The molecule has 0 aliphatic carbocycles. The van der Waals surface area contributed by atoms with Crippen LogP contribution in [0.1, 0.15) is 27.0 Å². The van der Waals surface area contributed by atoms with Crippen LogP contribution in [0, 0.1) is 25.6 Å². The number of benzene rings is 2. The summed E-state index contributed by atoms with van der Waals surface area (Å²) in [6, 6.07) is 11.9. The summed E-state index contributed by atoms with van der Waals surface area (Å²) in [4.78, 5) is 23.6. The lowest BCUT2D eigenvalue weighted by Crippen LogP contribution is -2.34. The van der Waals surface area contributed by atoms with E-state index in [-0.39, 0.29) is 17.7 Å². The van der Waals surface area contributed by atoms with Gasteiger partial charge in [-0.3, -0.25) is 9.59 Å². The van der Waals surface area contributed by atoms with Crippen molar-refractivity contribution in [3.05, 3.63) is 70.5 Å².